The predicted molar refractivity (Wildman–Crippen MR) is 118 cm³/mol. The Labute approximate surface area is 184 Å². The molecule has 32 heavy (non-hydrogen) atoms. The Balaban J connectivity index is 1.62. The maximum absolute atomic E-state index is 13.6. The zero-order valence-corrected chi connectivity index (χ0v) is 17.9. The number of anilines is 1. The lowest BCUT2D eigenvalue weighted by molar-refractivity contribution is 0.592. The van der Waals surface area contributed by atoms with Gasteiger partial charge < -0.3 is 5.32 Å². The summed E-state index contributed by atoms with van der Waals surface area (Å²) < 4.78 is 39.2. The molecule has 5 rings (SSSR count). The van der Waals surface area contributed by atoms with E-state index in [9.17, 15) is 12.8 Å². The summed E-state index contributed by atoms with van der Waals surface area (Å²) >= 11 is 0. The van der Waals surface area contributed by atoms with Gasteiger partial charge in [-0.15, -0.1) is 0 Å². The number of halogens is 1. The molecule has 3 N–H and O–H groups in total. The van der Waals surface area contributed by atoms with Crippen molar-refractivity contribution in [3.8, 4) is 5.95 Å². The first-order chi connectivity index (χ1) is 15.4. The molecule has 0 unspecified atom stereocenters. The van der Waals surface area contributed by atoms with Gasteiger partial charge in [0.2, 0.25) is 0 Å². The average Bonchev–Trinajstić information content (AvgIpc) is 3.18. The molecule has 0 spiro atoms. The highest BCUT2D eigenvalue weighted by atomic mass is 32.2. The molecule has 1 aliphatic carbocycles. The third-order valence-corrected chi connectivity index (χ3v) is 6.37. The SMILES string of the molecule is NS(=O)(=O)c1nn(-c2nc3c(c(NCc4cccc(F)c4)n2)CCCC3)c2ccccc12. The second kappa shape index (κ2) is 7.95. The van der Waals surface area contributed by atoms with Gasteiger partial charge >= 0.3 is 0 Å². The molecule has 4 aromatic rings. The highest BCUT2D eigenvalue weighted by molar-refractivity contribution is 7.89. The summed E-state index contributed by atoms with van der Waals surface area (Å²) in [7, 11) is -4.03. The normalized spacial score (nSPS) is 13.8. The van der Waals surface area contributed by atoms with Crippen LogP contribution in [0.5, 0.6) is 0 Å². The molecule has 1 aliphatic rings. The molecule has 10 heteroatoms. The van der Waals surface area contributed by atoms with E-state index in [0.29, 0.717) is 23.3 Å². The maximum atomic E-state index is 13.6. The second-order valence-corrected chi connectivity index (χ2v) is 9.24. The van der Waals surface area contributed by atoms with Crippen molar-refractivity contribution in [2.75, 3.05) is 5.32 Å². The largest absolute Gasteiger partial charge is 0.366 e. The molecule has 0 amide bonds. The molecule has 0 atom stereocenters. The van der Waals surface area contributed by atoms with E-state index < -0.39 is 10.0 Å². The smallest absolute Gasteiger partial charge is 0.258 e. The van der Waals surface area contributed by atoms with Crippen LogP contribution < -0.4 is 10.5 Å². The van der Waals surface area contributed by atoms with Crippen LogP contribution in [0.15, 0.2) is 53.6 Å². The summed E-state index contributed by atoms with van der Waals surface area (Å²) in [5, 5.41) is 13.1. The van der Waals surface area contributed by atoms with Crippen molar-refractivity contribution in [3.05, 3.63) is 71.2 Å². The molecule has 0 aliphatic heterocycles. The topological polar surface area (TPSA) is 116 Å². The van der Waals surface area contributed by atoms with Crippen LogP contribution in [0.1, 0.15) is 29.7 Å². The Morgan fingerprint density at radius 1 is 1.06 bits per heavy atom. The summed E-state index contributed by atoms with van der Waals surface area (Å²) in [6.07, 6.45) is 3.67. The zero-order valence-electron chi connectivity index (χ0n) is 17.1. The lowest BCUT2D eigenvalue weighted by Crippen LogP contribution is -2.17. The lowest BCUT2D eigenvalue weighted by atomic mass is 9.96. The van der Waals surface area contributed by atoms with Gasteiger partial charge in [-0.1, -0.05) is 24.3 Å². The molecule has 0 saturated heterocycles. The van der Waals surface area contributed by atoms with E-state index in [2.05, 4.69) is 15.4 Å². The van der Waals surface area contributed by atoms with E-state index in [-0.39, 0.29) is 16.8 Å². The van der Waals surface area contributed by atoms with Crippen LogP contribution in [0.4, 0.5) is 10.2 Å². The number of rotatable bonds is 5. The molecule has 164 valence electrons. The van der Waals surface area contributed by atoms with Crippen molar-refractivity contribution in [1.29, 1.82) is 0 Å². The van der Waals surface area contributed by atoms with Crippen molar-refractivity contribution in [3.63, 3.8) is 0 Å². The number of fused-ring (bicyclic) bond motifs is 2. The maximum Gasteiger partial charge on any atom is 0.258 e. The predicted octanol–water partition coefficient (Wildman–Crippen LogP) is 3.09. The van der Waals surface area contributed by atoms with Gasteiger partial charge in [-0.25, -0.2) is 22.9 Å². The molecular weight excluding hydrogens is 431 g/mol. The fourth-order valence-electron chi connectivity index (χ4n) is 4.06. The van der Waals surface area contributed by atoms with E-state index in [1.165, 1.54) is 16.8 Å². The Hall–Kier alpha value is -3.37. The van der Waals surface area contributed by atoms with Gasteiger partial charge in [0.25, 0.3) is 16.0 Å². The summed E-state index contributed by atoms with van der Waals surface area (Å²) in [5.74, 6) is 0.609. The van der Waals surface area contributed by atoms with Crippen molar-refractivity contribution in [2.45, 2.75) is 37.3 Å². The fraction of sp³-hybridized carbons (Fsp3) is 0.227. The van der Waals surface area contributed by atoms with Gasteiger partial charge in [0.1, 0.15) is 11.6 Å². The van der Waals surface area contributed by atoms with Gasteiger partial charge in [0.05, 0.1) is 11.2 Å². The zero-order chi connectivity index (χ0) is 22.3. The number of para-hydroxylation sites is 1. The molecule has 0 bridgehead atoms. The average molecular weight is 453 g/mol. The number of nitrogens with one attached hydrogen (secondary N) is 1. The minimum atomic E-state index is -4.03. The number of primary sulfonamides is 1. The van der Waals surface area contributed by atoms with Crippen LogP contribution in [0.2, 0.25) is 0 Å². The van der Waals surface area contributed by atoms with Gasteiger partial charge in [-0.3, -0.25) is 0 Å². The summed E-state index contributed by atoms with van der Waals surface area (Å²) in [6.45, 7) is 0.392. The van der Waals surface area contributed by atoms with Crippen molar-refractivity contribution in [2.24, 2.45) is 5.14 Å². The number of nitrogens with zero attached hydrogens (tertiary/aromatic N) is 4. The number of sulfonamides is 1. The summed E-state index contributed by atoms with van der Waals surface area (Å²) in [5.41, 5.74) is 3.26. The third-order valence-electron chi connectivity index (χ3n) is 5.53. The van der Waals surface area contributed by atoms with E-state index in [1.54, 1.807) is 30.3 Å². The van der Waals surface area contributed by atoms with Crippen molar-refractivity contribution in [1.82, 2.24) is 19.7 Å². The number of aromatic nitrogens is 4. The minimum absolute atomic E-state index is 0.219. The van der Waals surface area contributed by atoms with Gasteiger partial charge in [-0.2, -0.15) is 14.8 Å². The van der Waals surface area contributed by atoms with Gasteiger partial charge in [0, 0.05) is 17.5 Å². The highest BCUT2D eigenvalue weighted by Gasteiger charge is 2.24. The Morgan fingerprint density at radius 2 is 1.88 bits per heavy atom. The Kier molecular flexibility index (Phi) is 5.10. The molecule has 8 nitrogen and oxygen atoms in total. The quantitative estimate of drug-likeness (QED) is 0.481. The van der Waals surface area contributed by atoms with Crippen LogP contribution in [-0.2, 0) is 29.4 Å². The first kappa shape index (κ1) is 20.5. The third kappa shape index (κ3) is 3.82. The molecule has 2 aromatic carbocycles. The number of benzene rings is 2. The molecule has 0 radical (unpaired) electrons. The van der Waals surface area contributed by atoms with E-state index in [4.69, 9.17) is 10.1 Å². The van der Waals surface area contributed by atoms with Crippen LogP contribution >= 0.6 is 0 Å². The van der Waals surface area contributed by atoms with E-state index in [0.717, 1.165) is 42.5 Å². The summed E-state index contributed by atoms with van der Waals surface area (Å²) in [4.78, 5) is 9.40. The summed E-state index contributed by atoms with van der Waals surface area (Å²) in [6, 6.07) is 13.3. The fourth-order valence-corrected chi connectivity index (χ4v) is 4.73. The number of hydrogen-bond acceptors (Lipinski definition) is 6. The lowest BCUT2D eigenvalue weighted by Gasteiger charge is -2.20. The second-order valence-electron chi connectivity index (χ2n) is 7.77. The van der Waals surface area contributed by atoms with Crippen LogP contribution in [0, 0.1) is 5.82 Å². The van der Waals surface area contributed by atoms with Crippen molar-refractivity contribution >= 4 is 26.7 Å². The van der Waals surface area contributed by atoms with Gasteiger partial charge in [0.15, 0.2) is 5.03 Å². The van der Waals surface area contributed by atoms with Crippen molar-refractivity contribution < 1.29 is 12.8 Å². The monoisotopic (exact) mass is 452 g/mol. The van der Waals surface area contributed by atoms with Crippen LogP contribution in [0.3, 0.4) is 0 Å². The Bertz CT molecular complexity index is 1430. The minimum Gasteiger partial charge on any atom is -0.366 e. The standard InChI is InChI=1S/C22H21FN6O2S/c23-15-7-5-6-14(12-15)13-25-20-16-8-1-3-10-18(16)26-22(27-20)29-19-11-4-2-9-17(19)21(28-29)32(24,30)31/h2,4-7,9,11-12H,1,3,8,10,13H2,(H2,24,30,31)(H,25,26,27). The number of hydrogen-bond donors (Lipinski definition) is 2. The van der Waals surface area contributed by atoms with Crippen LogP contribution in [-0.4, -0.2) is 28.2 Å². The molecular formula is C22H21FN6O2S. The first-order valence-corrected chi connectivity index (χ1v) is 11.8. The number of aryl methyl sites for hydroxylation is 1. The van der Waals surface area contributed by atoms with E-state index in [1.807, 2.05) is 6.07 Å². The first-order valence-electron chi connectivity index (χ1n) is 10.3. The van der Waals surface area contributed by atoms with Gasteiger partial charge in [-0.05, 0) is 55.5 Å². The molecule has 0 saturated carbocycles. The highest BCUT2D eigenvalue weighted by Crippen LogP contribution is 2.29. The molecule has 2 heterocycles. The molecule has 0 fully saturated rings. The Morgan fingerprint density at radius 3 is 2.69 bits per heavy atom. The van der Waals surface area contributed by atoms with Crippen LogP contribution in [0.25, 0.3) is 16.9 Å². The molecule has 2 aromatic heterocycles. The number of nitrogens with two attached hydrogens (primary N) is 1. The van der Waals surface area contributed by atoms with E-state index >= 15 is 0 Å².